The van der Waals surface area contributed by atoms with Gasteiger partial charge in [-0.15, -0.1) is 0 Å². The van der Waals surface area contributed by atoms with Gasteiger partial charge in [-0.2, -0.15) is 0 Å². The summed E-state index contributed by atoms with van der Waals surface area (Å²) in [5.41, 5.74) is 1.78. The normalized spacial score (nSPS) is 14.6. The van der Waals surface area contributed by atoms with E-state index in [-0.39, 0.29) is 22.9 Å². The zero-order valence-corrected chi connectivity index (χ0v) is 21.5. The number of carbonyl (C=O) groups excluding carboxylic acids is 3. The van der Waals surface area contributed by atoms with Crippen molar-refractivity contribution in [2.75, 3.05) is 6.54 Å². The highest BCUT2D eigenvalue weighted by atomic mass is 79.9. The highest BCUT2D eigenvalue weighted by Gasteiger charge is 2.36. The molecule has 3 aromatic carbocycles. The first-order valence-electron chi connectivity index (χ1n) is 10.3. The van der Waals surface area contributed by atoms with Gasteiger partial charge in [0.2, 0.25) is 0 Å². The molecular formula is C25H17BrN2O5S2. The van der Waals surface area contributed by atoms with E-state index in [0.29, 0.717) is 27.8 Å². The van der Waals surface area contributed by atoms with Gasteiger partial charge in [0.15, 0.2) is 5.78 Å². The van der Waals surface area contributed by atoms with E-state index >= 15 is 0 Å². The largest absolute Gasteiger partial charge is 0.293 e. The summed E-state index contributed by atoms with van der Waals surface area (Å²) in [6.45, 7) is 1.58. The van der Waals surface area contributed by atoms with Crippen LogP contribution >= 0.6 is 39.5 Å². The summed E-state index contributed by atoms with van der Waals surface area (Å²) in [5.74, 6) is -0.972. The Bertz CT molecular complexity index is 1370. The lowest BCUT2D eigenvalue weighted by molar-refractivity contribution is -0.387. The minimum atomic E-state index is -0.605. The molecule has 1 fully saturated rings. The molecule has 1 heterocycles. The standard InChI is InChI=1S/C25H17BrN2O5S2/c1-15-2-9-19(10-3-15)34-22-11-4-16(12-20(22)28(32)33)13-23-24(30)27(25(31)35-23)14-21(29)17-5-7-18(26)8-6-17/h2-13H,14H2,1H3/b23-13-. The molecule has 0 N–H and O–H groups in total. The first-order valence-corrected chi connectivity index (χ1v) is 12.7. The van der Waals surface area contributed by atoms with Crippen molar-refractivity contribution in [3.05, 3.63) is 103 Å². The molecule has 0 saturated carbocycles. The van der Waals surface area contributed by atoms with E-state index in [1.54, 1.807) is 36.4 Å². The molecule has 0 radical (unpaired) electrons. The van der Waals surface area contributed by atoms with Crippen molar-refractivity contribution in [1.29, 1.82) is 0 Å². The fraction of sp³-hybridized carbons (Fsp3) is 0.0800. The lowest BCUT2D eigenvalue weighted by Gasteiger charge is -2.11. The van der Waals surface area contributed by atoms with Crippen LogP contribution in [0.15, 0.2) is 85.9 Å². The number of hydrogen-bond donors (Lipinski definition) is 0. The quantitative estimate of drug-likeness (QED) is 0.135. The van der Waals surface area contributed by atoms with Crippen LogP contribution < -0.4 is 0 Å². The predicted octanol–water partition coefficient (Wildman–Crippen LogP) is 6.74. The second kappa shape index (κ2) is 10.6. The van der Waals surface area contributed by atoms with Crippen LogP contribution in [-0.2, 0) is 4.79 Å². The fourth-order valence-corrected chi connectivity index (χ4v) is 5.25. The van der Waals surface area contributed by atoms with E-state index in [9.17, 15) is 24.5 Å². The SMILES string of the molecule is Cc1ccc(Sc2ccc(/C=C3\SC(=O)N(CC(=O)c4ccc(Br)cc4)C3=O)cc2[N+](=O)[O-])cc1. The summed E-state index contributed by atoms with van der Waals surface area (Å²) in [6.07, 6.45) is 1.43. The highest BCUT2D eigenvalue weighted by molar-refractivity contribution is 9.10. The molecule has 0 atom stereocenters. The van der Waals surface area contributed by atoms with E-state index < -0.39 is 16.1 Å². The Balaban J connectivity index is 1.54. The number of hydrogen-bond acceptors (Lipinski definition) is 7. The van der Waals surface area contributed by atoms with Crippen molar-refractivity contribution in [3.8, 4) is 0 Å². The third-order valence-corrected chi connectivity index (χ3v) is 7.58. The van der Waals surface area contributed by atoms with Crippen LogP contribution in [0.25, 0.3) is 6.08 Å². The zero-order valence-electron chi connectivity index (χ0n) is 18.3. The number of halogens is 1. The van der Waals surface area contributed by atoms with Crippen LogP contribution in [0.5, 0.6) is 0 Å². The molecule has 1 saturated heterocycles. The lowest BCUT2D eigenvalue weighted by atomic mass is 10.1. The van der Waals surface area contributed by atoms with Crippen molar-refractivity contribution < 1.29 is 19.3 Å². The zero-order chi connectivity index (χ0) is 25.1. The summed E-state index contributed by atoms with van der Waals surface area (Å²) >= 11 is 5.27. The highest BCUT2D eigenvalue weighted by Crippen LogP contribution is 2.37. The Hall–Kier alpha value is -3.21. The van der Waals surface area contributed by atoms with E-state index in [2.05, 4.69) is 15.9 Å². The van der Waals surface area contributed by atoms with E-state index in [1.165, 1.54) is 23.9 Å². The van der Waals surface area contributed by atoms with Gasteiger partial charge < -0.3 is 0 Å². The predicted molar refractivity (Wildman–Crippen MR) is 140 cm³/mol. The molecule has 0 aromatic heterocycles. The maximum absolute atomic E-state index is 12.8. The molecule has 0 unspecified atom stereocenters. The van der Waals surface area contributed by atoms with Crippen LogP contribution in [0.1, 0.15) is 21.5 Å². The van der Waals surface area contributed by atoms with Gasteiger partial charge in [0, 0.05) is 21.0 Å². The number of aryl methyl sites for hydroxylation is 1. The summed E-state index contributed by atoms with van der Waals surface area (Å²) in [5, 5.41) is 11.1. The molecule has 0 aliphatic carbocycles. The van der Waals surface area contributed by atoms with Gasteiger partial charge in [0.1, 0.15) is 0 Å². The summed E-state index contributed by atoms with van der Waals surface area (Å²) in [6, 6.07) is 18.9. The van der Waals surface area contributed by atoms with Gasteiger partial charge in [0.25, 0.3) is 16.8 Å². The van der Waals surface area contributed by atoms with Crippen molar-refractivity contribution >= 4 is 68.1 Å². The molecule has 176 valence electrons. The lowest BCUT2D eigenvalue weighted by Crippen LogP contribution is -2.33. The Labute approximate surface area is 217 Å². The van der Waals surface area contributed by atoms with Gasteiger partial charge in [-0.05, 0) is 60.7 Å². The Morgan fingerprint density at radius 1 is 1.09 bits per heavy atom. The molecule has 35 heavy (non-hydrogen) atoms. The molecule has 4 rings (SSSR count). The van der Waals surface area contributed by atoms with Crippen molar-refractivity contribution in [2.45, 2.75) is 16.7 Å². The maximum Gasteiger partial charge on any atom is 0.293 e. The summed E-state index contributed by atoms with van der Waals surface area (Å²) in [4.78, 5) is 51.3. The maximum atomic E-state index is 12.8. The topological polar surface area (TPSA) is 97.6 Å². The van der Waals surface area contributed by atoms with Crippen molar-refractivity contribution in [1.82, 2.24) is 4.90 Å². The van der Waals surface area contributed by atoms with E-state index in [0.717, 1.165) is 19.8 Å². The molecule has 10 heteroatoms. The van der Waals surface area contributed by atoms with Crippen LogP contribution in [0.4, 0.5) is 10.5 Å². The van der Waals surface area contributed by atoms with Crippen LogP contribution in [0.3, 0.4) is 0 Å². The minimum absolute atomic E-state index is 0.103. The Morgan fingerprint density at radius 2 is 1.77 bits per heavy atom. The molecule has 0 spiro atoms. The average molecular weight is 569 g/mol. The Kier molecular flexibility index (Phi) is 7.54. The number of nitro benzene ring substituents is 1. The van der Waals surface area contributed by atoms with E-state index in [4.69, 9.17) is 0 Å². The van der Waals surface area contributed by atoms with Gasteiger partial charge in [-0.3, -0.25) is 29.4 Å². The number of carbonyl (C=O) groups is 3. The van der Waals surface area contributed by atoms with Crippen molar-refractivity contribution in [2.24, 2.45) is 0 Å². The smallest absolute Gasteiger partial charge is 0.292 e. The molecule has 7 nitrogen and oxygen atoms in total. The number of ketones is 1. The molecule has 1 aliphatic rings. The van der Waals surface area contributed by atoms with Crippen LogP contribution in [-0.4, -0.2) is 33.3 Å². The van der Waals surface area contributed by atoms with E-state index in [1.807, 2.05) is 31.2 Å². The number of benzene rings is 3. The van der Waals surface area contributed by atoms with Crippen LogP contribution in [0.2, 0.25) is 0 Å². The van der Waals surface area contributed by atoms with Crippen molar-refractivity contribution in [3.63, 3.8) is 0 Å². The number of Topliss-reactive ketones (excluding diaryl/α,β-unsaturated/α-hetero) is 1. The average Bonchev–Trinajstić information content (AvgIpc) is 3.09. The summed E-state index contributed by atoms with van der Waals surface area (Å²) in [7, 11) is 0. The summed E-state index contributed by atoms with van der Waals surface area (Å²) < 4.78 is 0.806. The number of imide groups is 1. The minimum Gasteiger partial charge on any atom is -0.292 e. The third kappa shape index (κ3) is 5.90. The number of nitrogens with zero attached hydrogens (tertiary/aromatic N) is 2. The second-order valence-electron chi connectivity index (χ2n) is 7.60. The number of nitro groups is 1. The van der Waals surface area contributed by atoms with Gasteiger partial charge in [0.05, 0.1) is 21.3 Å². The molecular weight excluding hydrogens is 552 g/mol. The first kappa shape index (κ1) is 24.9. The molecule has 2 amide bonds. The molecule has 0 bridgehead atoms. The monoisotopic (exact) mass is 568 g/mol. The number of amides is 2. The molecule has 3 aromatic rings. The first-order chi connectivity index (χ1) is 16.7. The van der Waals surface area contributed by atoms with Gasteiger partial charge in [-0.25, -0.2) is 0 Å². The van der Waals surface area contributed by atoms with Gasteiger partial charge >= 0.3 is 0 Å². The second-order valence-corrected chi connectivity index (χ2v) is 10.6. The van der Waals surface area contributed by atoms with Gasteiger partial charge in [-0.1, -0.05) is 63.6 Å². The van der Waals surface area contributed by atoms with Crippen LogP contribution in [0, 0.1) is 17.0 Å². The number of rotatable bonds is 7. The number of thioether (sulfide) groups is 1. The Morgan fingerprint density at radius 3 is 2.43 bits per heavy atom. The third-order valence-electron chi connectivity index (χ3n) is 5.07. The molecule has 1 aliphatic heterocycles. The fourth-order valence-electron chi connectivity index (χ4n) is 3.24.